The summed E-state index contributed by atoms with van der Waals surface area (Å²) in [4.78, 5) is 16.1. The van der Waals surface area contributed by atoms with Gasteiger partial charge < -0.3 is 20.2 Å². The van der Waals surface area contributed by atoms with Gasteiger partial charge >= 0.3 is 0 Å². The molecule has 0 heterocycles. The second-order valence-electron chi connectivity index (χ2n) is 15.1. The number of anilines is 2. The molecule has 3 N–H and O–H groups in total. The number of hydrogen-bond donors (Lipinski definition) is 3. The van der Waals surface area contributed by atoms with Crippen molar-refractivity contribution in [3.8, 4) is 0 Å². The fourth-order valence-corrected chi connectivity index (χ4v) is 8.21. The molecule has 282 valence electrons. The van der Waals surface area contributed by atoms with Crippen molar-refractivity contribution in [1.29, 1.82) is 0 Å². The van der Waals surface area contributed by atoms with Crippen LogP contribution in [0.15, 0.2) is 138 Å². The van der Waals surface area contributed by atoms with Crippen molar-refractivity contribution in [2.75, 3.05) is 4.90 Å². The third kappa shape index (κ3) is 7.59. The predicted octanol–water partition coefficient (Wildman–Crippen LogP) is 10.1. The number of aryl methyl sites for hydroxylation is 6. The first-order valence-corrected chi connectivity index (χ1v) is 19.1. The van der Waals surface area contributed by atoms with Gasteiger partial charge in [0, 0.05) is 46.8 Å². The molecular weight excluding hydrogens is 693 g/mol. The number of ketones is 1. The zero-order valence-electron chi connectivity index (χ0n) is 33.0. The minimum atomic E-state index is -0.180. The molecule has 2 aliphatic carbocycles. The van der Waals surface area contributed by atoms with Crippen molar-refractivity contribution in [3.63, 3.8) is 0 Å². The normalized spacial score (nSPS) is 13.8. The van der Waals surface area contributed by atoms with Crippen molar-refractivity contribution in [2.24, 2.45) is 0 Å². The number of nitrogens with zero attached hydrogens (tertiary/aromatic N) is 2. The molecule has 0 saturated heterocycles. The summed E-state index contributed by atoms with van der Waals surface area (Å²) in [6.07, 6.45) is 7.85. The van der Waals surface area contributed by atoms with Crippen molar-refractivity contribution < 1.29 is 24.7 Å². The number of hydrogen-bond acceptors (Lipinski definition) is 5. The maximum atomic E-state index is 13.8. The van der Waals surface area contributed by atoms with E-state index in [1.165, 1.54) is 33.4 Å². The Labute approximate surface area is 330 Å². The van der Waals surface area contributed by atoms with Gasteiger partial charge in [-0.15, -0.1) is 0 Å². The third-order valence-electron chi connectivity index (χ3n) is 10.8. The monoisotopic (exact) mass is 741 g/mol. The van der Waals surface area contributed by atoms with Gasteiger partial charge in [-0.3, -0.25) is 4.79 Å². The highest BCUT2D eigenvalue weighted by molar-refractivity contribution is 6.39. The second kappa shape index (κ2) is 16.0. The van der Waals surface area contributed by atoms with Crippen LogP contribution in [0.2, 0.25) is 0 Å². The van der Waals surface area contributed by atoms with E-state index in [9.17, 15) is 20.1 Å². The van der Waals surface area contributed by atoms with Gasteiger partial charge in [0.25, 0.3) is 0 Å². The first-order valence-electron chi connectivity index (χ1n) is 19.1. The SMILES string of the molecule is Cc1cc(C)c(N(Cc2ccc(CO)cc2)c2ccc(C3=C(O)C(=C4C=CC(=[N+](Cc5ccc(CO)cc5)c5c(C)cc(C)cc5C)C=C4)C3=O)cc2)c(C)c1. The lowest BCUT2D eigenvalue weighted by molar-refractivity contribution is -0.457. The van der Waals surface area contributed by atoms with E-state index in [-0.39, 0.29) is 24.8 Å². The van der Waals surface area contributed by atoms with E-state index < -0.39 is 0 Å². The fraction of sp³-hybridized carbons (Fsp3) is 0.200. The van der Waals surface area contributed by atoms with E-state index >= 15 is 0 Å². The Balaban J connectivity index is 1.20. The predicted molar refractivity (Wildman–Crippen MR) is 227 cm³/mol. The summed E-state index contributed by atoms with van der Waals surface area (Å²) >= 11 is 0. The molecule has 0 fully saturated rings. The standard InChI is InChI=1S/C50H48N2O4/c1-31-23-33(3)47(34(4)24-31)51(27-37-7-11-39(29-53)12-8-37)43-19-15-41(16-20-43)45-49(55)46(50(45)56)42-17-21-44(22-18-42)52(28-38-9-13-40(30-54)14-10-38)48-35(5)25-32(2)26-36(48)6/h7-26,53-54H,27-30H2,1-6H3/p+1. The highest BCUT2D eigenvalue weighted by atomic mass is 16.3. The number of Topliss-reactive ketones (excluding diaryl/α,β-unsaturated/α-hetero) is 1. The van der Waals surface area contributed by atoms with Gasteiger partial charge in [-0.2, -0.15) is 4.58 Å². The molecule has 0 spiro atoms. The number of allylic oxidation sites excluding steroid dienone is 7. The first kappa shape index (κ1) is 38.2. The van der Waals surface area contributed by atoms with Crippen LogP contribution >= 0.6 is 0 Å². The van der Waals surface area contributed by atoms with Gasteiger partial charge in [-0.05, 0) is 117 Å². The van der Waals surface area contributed by atoms with E-state index in [0.29, 0.717) is 35.4 Å². The lowest BCUT2D eigenvalue weighted by Crippen LogP contribution is -2.23. The van der Waals surface area contributed by atoms with Crippen molar-refractivity contribution >= 4 is 34.1 Å². The van der Waals surface area contributed by atoms with Gasteiger partial charge in [0.05, 0.1) is 24.4 Å². The fourth-order valence-electron chi connectivity index (χ4n) is 8.21. The van der Waals surface area contributed by atoms with Crippen LogP contribution in [0.1, 0.15) is 61.2 Å². The molecule has 0 atom stereocenters. The maximum Gasteiger partial charge on any atom is 0.211 e. The summed E-state index contributed by atoms with van der Waals surface area (Å²) in [5.74, 6) is -0.173. The van der Waals surface area contributed by atoms with Crippen LogP contribution < -0.4 is 4.90 Å². The lowest BCUT2D eigenvalue weighted by atomic mass is 9.80. The van der Waals surface area contributed by atoms with E-state index in [2.05, 4.69) is 75.3 Å². The molecule has 0 unspecified atom stereocenters. The van der Waals surface area contributed by atoms with Crippen LogP contribution in [0.25, 0.3) is 5.57 Å². The molecule has 0 radical (unpaired) electrons. The first-order chi connectivity index (χ1) is 26.9. The van der Waals surface area contributed by atoms with Crippen molar-refractivity contribution in [1.82, 2.24) is 0 Å². The number of benzene rings is 5. The maximum absolute atomic E-state index is 13.8. The number of rotatable bonds is 10. The van der Waals surface area contributed by atoms with Gasteiger partial charge in [-0.1, -0.05) is 83.9 Å². The second-order valence-corrected chi connectivity index (χ2v) is 15.1. The zero-order chi connectivity index (χ0) is 39.7. The molecular formula is C50H49N2O4+. The number of carbonyl (C=O) groups excluding carboxylic acids is 1. The highest BCUT2D eigenvalue weighted by Crippen LogP contribution is 2.41. The molecule has 6 heteroatoms. The summed E-state index contributed by atoms with van der Waals surface area (Å²) < 4.78 is 2.28. The van der Waals surface area contributed by atoms with Crippen LogP contribution in [0.3, 0.4) is 0 Å². The van der Waals surface area contributed by atoms with Crippen LogP contribution in [-0.4, -0.2) is 31.4 Å². The zero-order valence-corrected chi connectivity index (χ0v) is 33.0. The molecule has 0 aliphatic heterocycles. The lowest BCUT2D eigenvalue weighted by Gasteiger charge is -2.30. The largest absolute Gasteiger partial charge is 0.506 e. The van der Waals surface area contributed by atoms with Crippen molar-refractivity contribution in [2.45, 2.75) is 67.8 Å². The third-order valence-corrected chi connectivity index (χ3v) is 10.8. The number of carbonyl (C=O) groups is 1. The Kier molecular flexibility index (Phi) is 10.9. The van der Waals surface area contributed by atoms with Gasteiger partial charge in [0.15, 0.2) is 6.54 Å². The summed E-state index contributed by atoms with van der Waals surface area (Å²) in [5.41, 5.74) is 17.2. The minimum absolute atomic E-state index is 0.00218. The topological polar surface area (TPSA) is 84.0 Å². The Morgan fingerprint density at radius 1 is 0.571 bits per heavy atom. The number of aliphatic hydroxyl groups excluding tert-OH is 3. The van der Waals surface area contributed by atoms with Crippen LogP contribution in [0.5, 0.6) is 0 Å². The van der Waals surface area contributed by atoms with Crippen LogP contribution in [0, 0.1) is 41.5 Å². The molecule has 0 amide bonds. The van der Waals surface area contributed by atoms with Gasteiger partial charge in [0.2, 0.25) is 17.2 Å². The number of aliphatic hydroxyl groups is 3. The smallest absolute Gasteiger partial charge is 0.211 e. The van der Waals surface area contributed by atoms with Crippen molar-refractivity contribution in [3.05, 3.63) is 199 Å². The van der Waals surface area contributed by atoms with E-state index in [1.807, 2.05) is 97.1 Å². The summed E-state index contributed by atoms with van der Waals surface area (Å²) in [5, 5.41) is 30.5. The quantitative estimate of drug-likeness (QED) is 0.0981. The van der Waals surface area contributed by atoms with Crippen LogP contribution in [0.4, 0.5) is 17.1 Å². The van der Waals surface area contributed by atoms with E-state index in [4.69, 9.17) is 0 Å². The van der Waals surface area contributed by atoms with Gasteiger partial charge in [-0.25, -0.2) is 0 Å². The molecule has 0 saturated carbocycles. The molecule has 7 rings (SSSR count). The van der Waals surface area contributed by atoms with Gasteiger partial charge in [0.1, 0.15) is 5.76 Å². The van der Waals surface area contributed by atoms with E-state index in [1.54, 1.807) is 0 Å². The average molecular weight is 742 g/mol. The molecule has 6 nitrogen and oxygen atoms in total. The summed E-state index contributed by atoms with van der Waals surface area (Å²) in [6, 6.07) is 32.6. The highest BCUT2D eigenvalue weighted by Gasteiger charge is 2.37. The van der Waals surface area contributed by atoms with Crippen LogP contribution in [-0.2, 0) is 31.1 Å². The molecule has 0 aromatic heterocycles. The average Bonchev–Trinajstić information content (AvgIpc) is 3.17. The Morgan fingerprint density at radius 3 is 1.55 bits per heavy atom. The molecule has 5 aromatic rings. The molecule has 2 aliphatic rings. The Hall–Kier alpha value is -6.08. The Morgan fingerprint density at radius 2 is 1.05 bits per heavy atom. The molecule has 56 heavy (non-hydrogen) atoms. The minimum Gasteiger partial charge on any atom is -0.506 e. The summed E-state index contributed by atoms with van der Waals surface area (Å²) in [7, 11) is 0. The molecule has 5 aromatic carbocycles. The molecule has 0 bridgehead atoms. The Bertz CT molecular complexity index is 2430. The summed E-state index contributed by atoms with van der Waals surface area (Å²) in [6.45, 7) is 14.0. The van der Waals surface area contributed by atoms with E-state index in [0.717, 1.165) is 45.0 Å².